The van der Waals surface area contributed by atoms with Gasteiger partial charge in [0.25, 0.3) is 5.92 Å². The van der Waals surface area contributed by atoms with Crippen LogP contribution in [0.5, 0.6) is 0 Å². The molecule has 0 aromatic carbocycles. The van der Waals surface area contributed by atoms with Crippen molar-refractivity contribution < 1.29 is 18.7 Å². The summed E-state index contributed by atoms with van der Waals surface area (Å²) < 4.78 is 28.3. The lowest BCUT2D eigenvalue weighted by Crippen LogP contribution is -2.18. The summed E-state index contributed by atoms with van der Waals surface area (Å²) in [7, 11) is 0. The largest absolute Gasteiger partial charge is 0.387 e. The van der Waals surface area contributed by atoms with E-state index in [1.807, 2.05) is 44.2 Å². The molecule has 1 aliphatic carbocycles. The number of nitrogens with zero attached hydrogens (tertiary/aromatic N) is 4. The number of alkyl halides is 2. The quantitative estimate of drug-likeness (QED) is 0.368. The molecular formula is C26H29F2N5O2. The second-order valence-corrected chi connectivity index (χ2v) is 8.54. The Morgan fingerprint density at radius 1 is 1.20 bits per heavy atom. The van der Waals surface area contributed by atoms with Gasteiger partial charge in [-0.15, -0.1) is 0 Å². The van der Waals surface area contributed by atoms with Crippen LogP contribution in [0.3, 0.4) is 0 Å². The van der Waals surface area contributed by atoms with E-state index in [2.05, 4.69) is 20.3 Å². The second-order valence-electron chi connectivity index (χ2n) is 8.54. The van der Waals surface area contributed by atoms with Crippen molar-refractivity contribution in [2.45, 2.75) is 59.0 Å². The summed E-state index contributed by atoms with van der Waals surface area (Å²) in [5.41, 5.74) is 4.76. The molecule has 0 aliphatic heterocycles. The summed E-state index contributed by atoms with van der Waals surface area (Å²) in [6, 6.07) is 5.49. The average Bonchev–Trinajstić information content (AvgIpc) is 3.24. The van der Waals surface area contributed by atoms with E-state index >= 15 is 0 Å². The van der Waals surface area contributed by atoms with E-state index < -0.39 is 30.3 Å². The normalized spacial score (nSPS) is 17.1. The number of hydrogen-bond donors (Lipinski definition) is 2. The summed E-state index contributed by atoms with van der Waals surface area (Å²) >= 11 is 0. The topological polar surface area (TPSA) is 92.4 Å². The molecule has 35 heavy (non-hydrogen) atoms. The van der Waals surface area contributed by atoms with E-state index in [0.29, 0.717) is 17.8 Å². The SMILES string of the molecule is CC.CCCC(O)c1cc(C)c(-c2cc3cnc(NC(=O)C4CC4(F)F)cc3n3ccnc23)cn1. The Labute approximate surface area is 202 Å². The van der Waals surface area contributed by atoms with Gasteiger partial charge in [0.1, 0.15) is 17.4 Å². The molecule has 4 aromatic rings. The fourth-order valence-corrected chi connectivity index (χ4v) is 4.13. The maximum absolute atomic E-state index is 13.2. The molecule has 7 nitrogen and oxygen atoms in total. The highest BCUT2D eigenvalue weighted by atomic mass is 19.3. The number of aromatic nitrogens is 4. The van der Waals surface area contributed by atoms with E-state index in [9.17, 15) is 18.7 Å². The minimum Gasteiger partial charge on any atom is -0.387 e. The highest BCUT2D eigenvalue weighted by Gasteiger charge is 2.61. The van der Waals surface area contributed by atoms with Crippen LogP contribution in [-0.2, 0) is 4.79 Å². The van der Waals surface area contributed by atoms with Gasteiger partial charge in [0.2, 0.25) is 5.91 Å². The number of amides is 1. The molecule has 2 atom stereocenters. The van der Waals surface area contributed by atoms with E-state index in [0.717, 1.165) is 34.0 Å². The monoisotopic (exact) mass is 481 g/mol. The van der Waals surface area contributed by atoms with Crippen LogP contribution in [0.4, 0.5) is 14.6 Å². The summed E-state index contributed by atoms with van der Waals surface area (Å²) in [6.07, 6.45) is 7.30. The van der Waals surface area contributed by atoms with Crippen LogP contribution in [0.2, 0.25) is 0 Å². The number of carbonyl (C=O) groups excluding carboxylic acids is 1. The number of rotatable bonds is 6. The Bertz CT molecular complexity index is 1390. The number of anilines is 1. The van der Waals surface area contributed by atoms with Gasteiger partial charge in [0.05, 0.1) is 17.3 Å². The Kier molecular flexibility index (Phi) is 6.80. The van der Waals surface area contributed by atoms with Gasteiger partial charge in [0.15, 0.2) is 0 Å². The number of imidazole rings is 1. The van der Waals surface area contributed by atoms with Crippen molar-refractivity contribution in [1.82, 2.24) is 19.4 Å². The fourth-order valence-electron chi connectivity index (χ4n) is 4.13. The van der Waals surface area contributed by atoms with Crippen LogP contribution in [0.15, 0.2) is 43.0 Å². The second kappa shape index (κ2) is 9.65. The molecule has 4 heterocycles. The Balaban J connectivity index is 0.00000141. The van der Waals surface area contributed by atoms with Crippen molar-refractivity contribution in [3.63, 3.8) is 0 Å². The molecule has 5 rings (SSSR count). The minimum atomic E-state index is -2.93. The van der Waals surface area contributed by atoms with Crippen molar-refractivity contribution >= 4 is 28.3 Å². The third-order valence-corrected chi connectivity index (χ3v) is 6.07. The Morgan fingerprint density at radius 3 is 2.60 bits per heavy atom. The van der Waals surface area contributed by atoms with Crippen LogP contribution in [-0.4, -0.2) is 36.3 Å². The molecular weight excluding hydrogens is 452 g/mol. The number of aliphatic hydroxyl groups excluding tert-OH is 1. The van der Waals surface area contributed by atoms with Gasteiger partial charge < -0.3 is 10.4 Å². The van der Waals surface area contributed by atoms with Crippen LogP contribution in [0.25, 0.3) is 27.7 Å². The molecule has 9 heteroatoms. The third kappa shape index (κ3) is 4.73. The molecule has 0 saturated heterocycles. The lowest BCUT2D eigenvalue weighted by atomic mass is 10.00. The standard InChI is InChI=1S/C24H23F2N5O2.C2H6/c1-3-4-20(32)18-7-13(2)16(12-28-18)15-8-14-11-29-21(30-23(33)17-10-24(17,25)26)9-19(14)31-6-5-27-22(15)31;1-2/h5-9,11-12,17,20,32H,3-4,10H2,1-2H3,(H,29,30,33);1-2H3. The van der Waals surface area contributed by atoms with Crippen molar-refractivity contribution in [3.05, 3.63) is 54.2 Å². The highest BCUT2D eigenvalue weighted by molar-refractivity contribution is 5.97. The predicted octanol–water partition coefficient (Wildman–Crippen LogP) is 5.71. The lowest BCUT2D eigenvalue weighted by Gasteiger charge is -2.14. The first-order chi connectivity index (χ1) is 16.8. The zero-order valence-corrected chi connectivity index (χ0v) is 20.2. The maximum atomic E-state index is 13.2. The molecule has 4 aromatic heterocycles. The van der Waals surface area contributed by atoms with Gasteiger partial charge in [0, 0.05) is 53.8 Å². The number of carbonyl (C=O) groups is 1. The number of aryl methyl sites for hydroxylation is 1. The molecule has 1 amide bonds. The molecule has 1 aliphatic rings. The number of halogens is 2. The Morgan fingerprint density at radius 2 is 1.94 bits per heavy atom. The van der Waals surface area contributed by atoms with E-state index in [4.69, 9.17) is 0 Å². The van der Waals surface area contributed by atoms with Gasteiger partial charge in [-0.3, -0.25) is 14.2 Å². The molecule has 0 bridgehead atoms. The molecule has 1 saturated carbocycles. The minimum absolute atomic E-state index is 0.213. The fraction of sp³-hybridized carbons (Fsp3) is 0.385. The first-order valence-corrected chi connectivity index (χ1v) is 11.9. The van der Waals surface area contributed by atoms with Crippen LogP contribution in [0.1, 0.15) is 57.4 Å². The number of pyridine rings is 3. The van der Waals surface area contributed by atoms with Crippen molar-refractivity contribution in [2.75, 3.05) is 5.32 Å². The Hall–Kier alpha value is -3.46. The number of aliphatic hydroxyl groups is 1. The molecule has 184 valence electrons. The van der Waals surface area contributed by atoms with Gasteiger partial charge in [-0.25, -0.2) is 18.7 Å². The smallest absolute Gasteiger partial charge is 0.260 e. The van der Waals surface area contributed by atoms with Gasteiger partial charge in [-0.2, -0.15) is 0 Å². The van der Waals surface area contributed by atoms with Crippen molar-refractivity contribution in [3.8, 4) is 11.1 Å². The summed E-state index contributed by atoms with van der Waals surface area (Å²) in [6.45, 7) is 7.98. The number of fused-ring (bicyclic) bond motifs is 3. The van der Waals surface area contributed by atoms with E-state index in [1.54, 1.807) is 30.9 Å². The van der Waals surface area contributed by atoms with Crippen LogP contribution >= 0.6 is 0 Å². The van der Waals surface area contributed by atoms with E-state index in [1.165, 1.54) is 0 Å². The molecule has 2 N–H and O–H groups in total. The van der Waals surface area contributed by atoms with Crippen LogP contribution in [0, 0.1) is 12.8 Å². The summed E-state index contributed by atoms with van der Waals surface area (Å²) in [4.78, 5) is 25.3. The third-order valence-electron chi connectivity index (χ3n) is 6.07. The van der Waals surface area contributed by atoms with Crippen molar-refractivity contribution in [1.29, 1.82) is 0 Å². The number of hydrogen-bond acceptors (Lipinski definition) is 5. The predicted molar refractivity (Wildman–Crippen MR) is 131 cm³/mol. The zero-order chi connectivity index (χ0) is 25.3. The molecule has 0 radical (unpaired) electrons. The first-order valence-electron chi connectivity index (χ1n) is 11.9. The van der Waals surface area contributed by atoms with Crippen molar-refractivity contribution in [2.24, 2.45) is 5.92 Å². The van der Waals surface area contributed by atoms with Gasteiger partial charge >= 0.3 is 0 Å². The van der Waals surface area contributed by atoms with Gasteiger partial charge in [-0.1, -0.05) is 27.2 Å². The first kappa shape index (κ1) is 24.7. The molecule has 1 fully saturated rings. The average molecular weight is 482 g/mol. The highest BCUT2D eigenvalue weighted by Crippen LogP contribution is 2.49. The zero-order valence-electron chi connectivity index (χ0n) is 20.2. The number of nitrogens with one attached hydrogen (secondary N) is 1. The van der Waals surface area contributed by atoms with Crippen LogP contribution < -0.4 is 5.32 Å². The maximum Gasteiger partial charge on any atom is 0.260 e. The molecule has 2 unspecified atom stereocenters. The summed E-state index contributed by atoms with van der Waals surface area (Å²) in [5, 5.41) is 13.6. The lowest BCUT2D eigenvalue weighted by molar-refractivity contribution is -0.119. The molecule has 0 spiro atoms. The van der Waals surface area contributed by atoms with Gasteiger partial charge in [-0.05, 0) is 31.0 Å². The summed E-state index contributed by atoms with van der Waals surface area (Å²) in [5.74, 6) is -4.73. The van der Waals surface area contributed by atoms with E-state index in [-0.39, 0.29) is 5.82 Å².